The molecule has 0 saturated carbocycles. The van der Waals surface area contributed by atoms with Gasteiger partial charge in [-0.2, -0.15) is 0 Å². The molecule has 6 nitrogen and oxygen atoms in total. The van der Waals surface area contributed by atoms with Gasteiger partial charge in [-0.3, -0.25) is 19.3 Å². The lowest BCUT2D eigenvalue weighted by Gasteiger charge is -2.57. The second-order valence-corrected chi connectivity index (χ2v) is 12.6. The molecular weight excluding hydrogens is 512 g/mol. The summed E-state index contributed by atoms with van der Waals surface area (Å²) >= 11 is 3.10. The van der Waals surface area contributed by atoms with E-state index in [4.69, 9.17) is 4.98 Å². The van der Waals surface area contributed by atoms with Crippen LogP contribution in [-0.2, 0) is 4.79 Å². The van der Waals surface area contributed by atoms with Gasteiger partial charge in [-0.25, -0.2) is 13.8 Å². The largest absolute Gasteiger partial charge is 0.367 e. The van der Waals surface area contributed by atoms with Crippen LogP contribution in [-0.4, -0.2) is 60.1 Å². The Balaban J connectivity index is 1.48. The summed E-state index contributed by atoms with van der Waals surface area (Å²) in [7, 11) is 1.99. The van der Waals surface area contributed by atoms with Crippen LogP contribution < -0.4 is 14.5 Å². The molecule has 1 N–H and O–H groups in total. The fourth-order valence-electron chi connectivity index (χ4n) is 4.41. The molecule has 0 aliphatic carbocycles. The highest BCUT2D eigenvalue weighted by atomic mass is 32.2. The van der Waals surface area contributed by atoms with Gasteiger partial charge in [-0.15, -0.1) is 0 Å². The standard InChI is InChI=1S/C27H33F2N5OS2/c1-17(28)14-22(18(2)29)20-8-10-21(11-9-20)33-15-27(16-33)24(35)34(13-12-32(27)7)25-30-19(3)23(36-25)37-31-26(4,5)6/h8-11,14,31H,1-2,12-13,15-16H2,3-7H3/b22-14+. The molecule has 2 aliphatic heterocycles. The number of allylic oxidation sites excluding steroid dienone is 4. The SMILES string of the molecule is C=C(F)/C=C(\C(=C)F)c1ccc(N2CC3(C2)C(=O)N(c2nc(C)c(SNC(C)(C)C)s2)CCN3C)cc1. The quantitative estimate of drug-likeness (QED) is 0.354. The van der Waals surface area contributed by atoms with E-state index in [1.165, 1.54) is 0 Å². The van der Waals surface area contributed by atoms with Crippen molar-refractivity contribution in [3.63, 3.8) is 0 Å². The average Bonchev–Trinajstić information content (AvgIpc) is 3.15. The number of hydrogen-bond donors (Lipinski definition) is 1. The summed E-state index contributed by atoms with van der Waals surface area (Å²) in [6, 6.07) is 7.14. The molecule has 2 aliphatic rings. The topological polar surface area (TPSA) is 51.7 Å². The third-order valence-electron chi connectivity index (χ3n) is 6.50. The van der Waals surface area contributed by atoms with Crippen LogP contribution in [0.2, 0.25) is 0 Å². The Morgan fingerprint density at radius 3 is 2.41 bits per heavy atom. The summed E-state index contributed by atoms with van der Waals surface area (Å²) in [6.45, 7) is 17.2. The van der Waals surface area contributed by atoms with Gasteiger partial charge in [0.15, 0.2) is 5.13 Å². The number of benzene rings is 1. The molecule has 2 aromatic rings. The number of aryl methyl sites for hydroxylation is 1. The van der Waals surface area contributed by atoms with Crippen LogP contribution in [0.5, 0.6) is 0 Å². The zero-order valence-electron chi connectivity index (χ0n) is 21.9. The number of halogens is 2. The maximum absolute atomic E-state index is 13.8. The molecule has 1 aromatic heterocycles. The maximum atomic E-state index is 13.8. The number of carbonyl (C=O) groups is 1. The number of anilines is 2. The second-order valence-electron chi connectivity index (χ2n) is 10.5. The van der Waals surface area contributed by atoms with Gasteiger partial charge in [-0.1, -0.05) is 36.6 Å². The number of amides is 1. The predicted molar refractivity (Wildman–Crippen MR) is 150 cm³/mol. The van der Waals surface area contributed by atoms with Gasteiger partial charge < -0.3 is 4.90 Å². The molecule has 1 aromatic carbocycles. The van der Waals surface area contributed by atoms with E-state index in [-0.39, 0.29) is 17.0 Å². The fourth-order valence-corrected chi connectivity index (χ4v) is 6.35. The van der Waals surface area contributed by atoms with Crippen LogP contribution in [0.4, 0.5) is 19.6 Å². The van der Waals surface area contributed by atoms with Gasteiger partial charge in [0.05, 0.1) is 5.69 Å². The molecule has 198 valence electrons. The van der Waals surface area contributed by atoms with E-state index < -0.39 is 17.2 Å². The molecule has 3 heterocycles. The van der Waals surface area contributed by atoms with Crippen molar-refractivity contribution in [3.8, 4) is 0 Å². The van der Waals surface area contributed by atoms with E-state index in [9.17, 15) is 13.6 Å². The van der Waals surface area contributed by atoms with E-state index in [0.717, 1.165) is 33.3 Å². The Hall–Kier alpha value is -2.53. The molecule has 0 unspecified atom stereocenters. The molecular formula is C27H33F2N5OS2. The molecule has 0 radical (unpaired) electrons. The maximum Gasteiger partial charge on any atom is 0.253 e. The zero-order chi connectivity index (χ0) is 27.1. The van der Waals surface area contributed by atoms with Crippen LogP contribution in [0.1, 0.15) is 32.0 Å². The first-order valence-corrected chi connectivity index (χ1v) is 13.6. The third kappa shape index (κ3) is 5.67. The first-order chi connectivity index (χ1) is 17.3. The number of hydrogen-bond acceptors (Lipinski definition) is 7. The average molecular weight is 546 g/mol. The van der Waals surface area contributed by atoms with Crippen LogP contribution in [0.25, 0.3) is 5.57 Å². The Morgan fingerprint density at radius 2 is 1.84 bits per heavy atom. The lowest BCUT2D eigenvalue weighted by atomic mass is 9.84. The minimum Gasteiger partial charge on any atom is -0.367 e. The van der Waals surface area contributed by atoms with E-state index in [2.05, 4.69) is 48.5 Å². The van der Waals surface area contributed by atoms with Crippen molar-refractivity contribution < 1.29 is 13.6 Å². The van der Waals surface area contributed by atoms with Crippen molar-refractivity contribution in [1.29, 1.82) is 0 Å². The second kappa shape index (κ2) is 10.3. The van der Waals surface area contributed by atoms with Crippen molar-refractivity contribution >= 4 is 45.6 Å². The lowest BCUT2D eigenvalue weighted by molar-refractivity contribution is -0.134. The Kier molecular flexibility index (Phi) is 7.67. The molecule has 1 amide bonds. The zero-order valence-corrected chi connectivity index (χ0v) is 23.5. The van der Waals surface area contributed by atoms with Gasteiger partial charge in [0.2, 0.25) is 0 Å². The summed E-state index contributed by atoms with van der Waals surface area (Å²) in [5.74, 6) is -1.40. The van der Waals surface area contributed by atoms with E-state index >= 15 is 0 Å². The van der Waals surface area contributed by atoms with Crippen molar-refractivity contribution in [3.05, 3.63) is 66.4 Å². The number of nitrogens with one attached hydrogen (secondary N) is 1. The highest BCUT2D eigenvalue weighted by molar-refractivity contribution is 7.99. The number of likely N-dealkylation sites (N-methyl/N-ethyl adjacent to an activating group) is 1. The van der Waals surface area contributed by atoms with Crippen LogP contribution >= 0.6 is 23.3 Å². The number of aromatic nitrogens is 1. The first-order valence-electron chi connectivity index (χ1n) is 12.0. The minimum atomic E-state index is -0.738. The number of piperazine rings is 1. The summed E-state index contributed by atoms with van der Waals surface area (Å²) in [6.07, 6.45) is 1.03. The molecule has 37 heavy (non-hydrogen) atoms. The number of carbonyl (C=O) groups excluding carboxylic acids is 1. The highest BCUT2D eigenvalue weighted by Gasteiger charge is 2.56. The van der Waals surface area contributed by atoms with E-state index in [1.807, 2.05) is 31.0 Å². The molecule has 0 bridgehead atoms. The van der Waals surface area contributed by atoms with Gasteiger partial charge in [0.1, 0.15) is 21.4 Å². The van der Waals surface area contributed by atoms with Gasteiger partial charge in [0, 0.05) is 43.0 Å². The lowest BCUT2D eigenvalue weighted by Crippen LogP contribution is -2.79. The van der Waals surface area contributed by atoms with Crippen LogP contribution in [0, 0.1) is 6.92 Å². The molecule has 1 spiro atoms. The molecule has 4 rings (SSSR count). The van der Waals surface area contributed by atoms with Gasteiger partial charge in [0.25, 0.3) is 5.91 Å². The molecule has 2 saturated heterocycles. The minimum absolute atomic E-state index is 0.0396. The van der Waals surface area contributed by atoms with Crippen LogP contribution in [0.3, 0.4) is 0 Å². The van der Waals surface area contributed by atoms with E-state index in [0.29, 0.717) is 25.2 Å². The van der Waals surface area contributed by atoms with Gasteiger partial charge in [-0.05, 0) is 70.5 Å². The third-order valence-corrected chi connectivity index (χ3v) is 9.17. The number of thiazole rings is 1. The predicted octanol–water partition coefficient (Wildman–Crippen LogP) is 5.73. The smallest absolute Gasteiger partial charge is 0.253 e. The molecule has 2 fully saturated rings. The highest BCUT2D eigenvalue weighted by Crippen LogP contribution is 2.40. The number of rotatable bonds is 7. The molecule has 0 atom stereocenters. The summed E-state index contributed by atoms with van der Waals surface area (Å²) in [5, 5.41) is 0.733. The van der Waals surface area contributed by atoms with Crippen molar-refractivity contribution in [2.45, 2.75) is 43.0 Å². The number of nitrogens with zero attached hydrogens (tertiary/aromatic N) is 4. The van der Waals surface area contributed by atoms with Crippen molar-refractivity contribution in [2.75, 3.05) is 43.0 Å². The first kappa shape index (κ1) is 27.5. The van der Waals surface area contributed by atoms with E-state index in [1.54, 1.807) is 35.4 Å². The van der Waals surface area contributed by atoms with Gasteiger partial charge >= 0.3 is 0 Å². The normalized spacial score (nSPS) is 18.4. The Bertz CT molecular complexity index is 1240. The summed E-state index contributed by atoms with van der Waals surface area (Å²) in [4.78, 5) is 24.6. The van der Waals surface area contributed by atoms with Crippen LogP contribution in [0.15, 0.2) is 59.4 Å². The summed E-state index contributed by atoms with van der Waals surface area (Å²) < 4.78 is 31.6. The summed E-state index contributed by atoms with van der Waals surface area (Å²) in [5.41, 5.74) is 1.73. The fraction of sp³-hybridized carbons (Fsp3) is 0.407. The van der Waals surface area contributed by atoms with Crippen molar-refractivity contribution in [2.24, 2.45) is 0 Å². The van der Waals surface area contributed by atoms with Crippen molar-refractivity contribution in [1.82, 2.24) is 14.6 Å². The Labute approximate surface area is 225 Å². The Morgan fingerprint density at radius 1 is 1.19 bits per heavy atom. The molecule has 10 heteroatoms. The monoisotopic (exact) mass is 545 g/mol.